The molecule has 0 aliphatic carbocycles. The predicted octanol–water partition coefficient (Wildman–Crippen LogP) is 1.51. The van der Waals surface area contributed by atoms with Crippen molar-refractivity contribution < 1.29 is 14.7 Å². The summed E-state index contributed by atoms with van der Waals surface area (Å²) >= 11 is 1.22. The minimum atomic E-state index is -1.06. The van der Waals surface area contributed by atoms with Crippen LogP contribution in [0, 0.1) is 0 Å². The van der Waals surface area contributed by atoms with Crippen LogP contribution in [0.25, 0.3) is 0 Å². The fourth-order valence-electron chi connectivity index (χ4n) is 1.54. The lowest BCUT2D eigenvalue weighted by molar-refractivity contribution is -0.130. The van der Waals surface area contributed by atoms with Gasteiger partial charge in [0.2, 0.25) is 5.91 Å². The number of carbonyl (C=O) groups is 2. The Morgan fingerprint density at radius 2 is 2.11 bits per heavy atom. The van der Waals surface area contributed by atoms with Crippen LogP contribution in [0.3, 0.4) is 0 Å². The van der Waals surface area contributed by atoms with Gasteiger partial charge in [-0.3, -0.25) is 4.79 Å². The highest BCUT2D eigenvalue weighted by atomic mass is 32.1. The van der Waals surface area contributed by atoms with E-state index in [1.54, 1.807) is 4.90 Å². The highest BCUT2D eigenvalue weighted by Gasteiger charge is 2.14. The van der Waals surface area contributed by atoms with Gasteiger partial charge in [-0.15, -0.1) is 11.3 Å². The van der Waals surface area contributed by atoms with E-state index in [0.717, 1.165) is 0 Å². The molecule has 1 amide bonds. The van der Waals surface area contributed by atoms with Crippen LogP contribution in [0.15, 0.2) is 5.51 Å². The van der Waals surface area contributed by atoms with Gasteiger partial charge in [-0.25, -0.2) is 9.78 Å². The van der Waals surface area contributed by atoms with Crippen molar-refractivity contribution in [2.45, 2.75) is 20.3 Å². The molecular weight excluding hydrogens is 254 g/mol. The van der Waals surface area contributed by atoms with E-state index < -0.39 is 5.97 Å². The third-order valence-electron chi connectivity index (χ3n) is 2.51. The van der Waals surface area contributed by atoms with Crippen LogP contribution in [-0.4, -0.2) is 46.5 Å². The molecule has 0 aliphatic rings. The second kappa shape index (κ2) is 6.95. The first-order valence-corrected chi connectivity index (χ1v) is 6.66. The molecule has 2 N–H and O–H groups in total. The van der Waals surface area contributed by atoms with Gasteiger partial charge in [0.1, 0.15) is 5.00 Å². The third-order valence-corrected chi connectivity index (χ3v) is 3.29. The Hall–Kier alpha value is -1.63. The number of thiazole rings is 1. The van der Waals surface area contributed by atoms with Crippen LogP contribution in [0.5, 0.6) is 0 Å². The highest BCUT2D eigenvalue weighted by Crippen LogP contribution is 2.19. The summed E-state index contributed by atoms with van der Waals surface area (Å²) in [5.74, 6) is -0.997. The number of carbonyl (C=O) groups excluding carboxylic acids is 1. The van der Waals surface area contributed by atoms with E-state index in [1.807, 2.05) is 13.8 Å². The SMILES string of the molecule is CCN(CC)C(=O)CCNc1scnc1C(=O)O. The zero-order valence-corrected chi connectivity index (χ0v) is 11.3. The summed E-state index contributed by atoms with van der Waals surface area (Å²) in [6.45, 7) is 5.66. The molecule has 18 heavy (non-hydrogen) atoms. The van der Waals surface area contributed by atoms with Crippen LogP contribution in [0.2, 0.25) is 0 Å². The normalized spacial score (nSPS) is 10.1. The van der Waals surface area contributed by atoms with Crippen LogP contribution >= 0.6 is 11.3 Å². The van der Waals surface area contributed by atoms with E-state index >= 15 is 0 Å². The molecule has 1 rings (SSSR count). The lowest BCUT2D eigenvalue weighted by Gasteiger charge is -2.18. The first kappa shape index (κ1) is 14.4. The van der Waals surface area contributed by atoms with Crippen molar-refractivity contribution in [1.29, 1.82) is 0 Å². The molecule has 0 saturated heterocycles. The Balaban J connectivity index is 2.44. The van der Waals surface area contributed by atoms with Crippen LogP contribution in [0.1, 0.15) is 30.8 Å². The van der Waals surface area contributed by atoms with E-state index in [0.29, 0.717) is 31.1 Å². The Kier molecular flexibility index (Phi) is 5.57. The molecule has 0 spiro atoms. The minimum absolute atomic E-state index is 0.00953. The van der Waals surface area contributed by atoms with Crippen LogP contribution in [-0.2, 0) is 4.79 Å². The molecule has 100 valence electrons. The van der Waals surface area contributed by atoms with Gasteiger partial charge >= 0.3 is 5.97 Å². The maximum Gasteiger partial charge on any atom is 0.357 e. The Bertz CT molecular complexity index is 415. The Morgan fingerprint density at radius 3 is 2.67 bits per heavy atom. The number of amides is 1. The molecular formula is C11H17N3O3S. The summed E-state index contributed by atoms with van der Waals surface area (Å²) < 4.78 is 0. The van der Waals surface area contributed by atoms with Crippen LogP contribution in [0.4, 0.5) is 5.00 Å². The van der Waals surface area contributed by atoms with Crippen molar-refractivity contribution in [2.75, 3.05) is 25.0 Å². The van der Waals surface area contributed by atoms with Crippen LogP contribution < -0.4 is 5.32 Å². The molecule has 6 nitrogen and oxygen atoms in total. The standard InChI is InChI=1S/C11H17N3O3S/c1-3-14(4-2)8(15)5-6-12-10-9(11(16)17)13-7-18-10/h7,12H,3-6H2,1-2H3,(H,16,17). The number of carboxylic acids is 1. The Morgan fingerprint density at radius 1 is 1.44 bits per heavy atom. The Labute approximate surface area is 110 Å². The number of hydrogen-bond acceptors (Lipinski definition) is 5. The van der Waals surface area contributed by atoms with Gasteiger partial charge < -0.3 is 15.3 Å². The number of carboxylic acid groups (broad SMARTS) is 1. The summed E-state index contributed by atoms with van der Waals surface area (Å²) in [5.41, 5.74) is 1.48. The monoisotopic (exact) mass is 271 g/mol. The summed E-state index contributed by atoms with van der Waals surface area (Å²) in [5, 5.41) is 12.3. The van der Waals surface area contributed by atoms with E-state index in [2.05, 4.69) is 10.3 Å². The largest absolute Gasteiger partial charge is 0.476 e. The number of hydrogen-bond donors (Lipinski definition) is 2. The lowest BCUT2D eigenvalue weighted by atomic mass is 10.3. The zero-order chi connectivity index (χ0) is 13.5. The summed E-state index contributed by atoms with van der Waals surface area (Å²) in [4.78, 5) is 28.0. The molecule has 1 heterocycles. The molecule has 0 radical (unpaired) electrons. The molecule has 1 aromatic rings. The fourth-order valence-corrected chi connectivity index (χ4v) is 2.24. The molecule has 7 heteroatoms. The van der Waals surface area contributed by atoms with Gasteiger partial charge in [-0.2, -0.15) is 0 Å². The van der Waals surface area contributed by atoms with Crippen molar-refractivity contribution in [1.82, 2.24) is 9.88 Å². The molecule has 0 atom stereocenters. The second-order valence-corrected chi connectivity index (χ2v) is 4.43. The predicted molar refractivity (Wildman–Crippen MR) is 70.1 cm³/mol. The number of nitrogens with zero attached hydrogens (tertiary/aromatic N) is 2. The van der Waals surface area contributed by atoms with E-state index in [9.17, 15) is 9.59 Å². The number of aromatic nitrogens is 1. The quantitative estimate of drug-likeness (QED) is 0.785. The van der Waals surface area contributed by atoms with Gasteiger partial charge in [-0.1, -0.05) is 0 Å². The number of anilines is 1. The number of nitrogens with one attached hydrogen (secondary N) is 1. The first-order chi connectivity index (χ1) is 8.60. The van der Waals surface area contributed by atoms with E-state index in [4.69, 9.17) is 5.11 Å². The molecule has 0 aliphatic heterocycles. The topological polar surface area (TPSA) is 82.5 Å². The maximum atomic E-state index is 11.7. The van der Waals surface area contributed by atoms with Crippen molar-refractivity contribution in [3.05, 3.63) is 11.2 Å². The number of rotatable bonds is 7. The second-order valence-electron chi connectivity index (χ2n) is 3.58. The summed E-state index contributed by atoms with van der Waals surface area (Å²) in [6, 6.07) is 0. The summed E-state index contributed by atoms with van der Waals surface area (Å²) in [6.07, 6.45) is 0.346. The first-order valence-electron chi connectivity index (χ1n) is 5.78. The van der Waals surface area contributed by atoms with Gasteiger partial charge in [-0.05, 0) is 13.8 Å². The van der Waals surface area contributed by atoms with Crippen molar-refractivity contribution in [2.24, 2.45) is 0 Å². The van der Waals surface area contributed by atoms with Crippen molar-refractivity contribution in [3.8, 4) is 0 Å². The fraction of sp³-hybridized carbons (Fsp3) is 0.545. The molecule has 1 aromatic heterocycles. The zero-order valence-electron chi connectivity index (χ0n) is 10.5. The maximum absolute atomic E-state index is 11.7. The lowest BCUT2D eigenvalue weighted by Crippen LogP contribution is -2.31. The van der Waals surface area contributed by atoms with Crippen molar-refractivity contribution >= 4 is 28.2 Å². The summed E-state index contributed by atoms with van der Waals surface area (Å²) in [7, 11) is 0. The van der Waals surface area contributed by atoms with E-state index in [1.165, 1.54) is 16.8 Å². The van der Waals surface area contributed by atoms with Gasteiger partial charge in [0.05, 0.1) is 5.51 Å². The van der Waals surface area contributed by atoms with Gasteiger partial charge in [0.25, 0.3) is 0 Å². The molecule has 0 fully saturated rings. The third kappa shape index (κ3) is 3.69. The molecule has 0 bridgehead atoms. The minimum Gasteiger partial charge on any atom is -0.476 e. The van der Waals surface area contributed by atoms with Gasteiger partial charge in [0.15, 0.2) is 5.69 Å². The smallest absolute Gasteiger partial charge is 0.357 e. The average Bonchev–Trinajstić information content (AvgIpc) is 2.79. The van der Waals surface area contributed by atoms with E-state index in [-0.39, 0.29) is 11.6 Å². The number of aromatic carboxylic acids is 1. The molecule has 0 unspecified atom stereocenters. The average molecular weight is 271 g/mol. The molecule has 0 saturated carbocycles. The highest BCUT2D eigenvalue weighted by molar-refractivity contribution is 7.14. The van der Waals surface area contributed by atoms with Crippen molar-refractivity contribution in [3.63, 3.8) is 0 Å². The van der Waals surface area contributed by atoms with Gasteiger partial charge in [0, 0.05) is 26.1 Å². The molecule has 0 aromatic carbocycles.